The molecule has 1 amide bonds. The summed E-state index contributed by atoms with van der Waals surface area (Å²) in [5.74, 6) is 0.312. The Balaban J connectivity index is 1.45. The van der Waals surface area contributed by atoms with Crippen molar-refractivity contribution in [2.24, 2.45) is 0 Å². The summed E-state index contributed by atoms with van der Waals surface area (Å²) < 4.78 is 19.2. The number of rotatable bonds is 5. The van der Waals surface area contributed by atoms with Crippen LogP contribution < -0.4 is 9.64 Å². The van der Waals surface area contributed by atoms with Crippen molar-refractivity contribution in [1.29, 1.82) is 0 Å². The van der Waals surface area contributed by atoms with Crippen molar-refractivity contribution in [3.05, 3.63) is 100 Å². The fourth-order valence-corrected chi connectivity index (χ4v) is 4.32. The van der Waals surface area contributed by atoms with Gasteiger partial charge in [-0.15, -0.1) is 0 Å². The van der Waals surface area contributed by atoms with E-state index in [1.165, 1.54) is 23.9 Å². The number of halogens is 1. The summed E-state index contributed by atoms with van der Waals surface area (Å²) in [5.41, 5.74) is 3.63. The number of thiocarbonyl (C=S) groups is 1. The number of thioether (sulfide) groups is 1. The van der Waals surface area contributed by atoms with Crippen molar-refractivity contribution in [3.63, 3.8) is 0 Å². The molecule has 3 aromatic rings. The summed E-state index contributed by atoms with van der Waals surface area (Å²) >= 11 is 6.73. The van der Waals surface area contributed by atoms with Gasteiger partial charge in [0, 0.05) is 0 Å². The maximum absolute atomic E-state index is 13.0. The molecule has 150 valence electrons. The second-order valence-electron chi connectivity index (χ2n) is 6.84. The van der Waals surface area contributed by atoms with Crippen LogP contribution in [-0.2, 0) is 11.4 Å². The van der Waals surface area contributed by atoms with Crippen LogP contribution in [0.5, 0.6) is 5.75 Å². The second-order valence-corrected chi connectivity index (χ2v) is 8.52. The van der Waals surface area contributed by atoms with Crippen LogP contribution in [0.25, 0.3) is 6.08 Å². The Labute approximate surface area is 184 Å². The van der Waals surface area contributed by atoms with E-state index in [0.717, 1.165) is 22.4 Å². The van der Waals surface area contributed by atoms with Crippen LogP contribution in [-0.4, -0.2) is 10.2 Å². The Morgan fingerprint density at radius 3 is 2.50 bits per heavy atom. The number of aryl methyl sites for hydroxylation is 1. The minimum Gasteiger partial charge on any atom is -0.489 e. The van der Waals surface area contributed by atoms with E-state index in [1.807, 2.05) is 61.5 Å². The SMILES string of the molecule is Cc1cccc(N2C(=O)/C(=C/c3ccc(OCc4ccc(F)cc4)cc3)SC2=S)c1. The van der Waals surface area contributed by atoms with E-state index in [1.54, 1.807) is 17.0 Å². The molecule has 0 bridgehead atoms. The third-order valence-corrected chi connectivity index (χ3v) is 5.85. The first-order valence-corrected chi connectivity index (χ1v) is 10.5. The zero-order chi connectivity index (χ0) is 21.1. The Hall–Kier alpha value is -2.96. The number of anilines is 1. The van der Waals surface area contributed by atoms with Crippen LogP contribution >= 0.6 is 24.0 Å². The summed E-state index contributed by atoms with van der Waals surface area (Å²) in [6.45, 7) is 2.34. The summed E-state index contributed by atoms with van der Waals surface area (Å²) in [5, 5.41) is 0. The Morgan fingerprint density at radius 2 is 1.80 bits per heavy atom. The molecule has 0 atom stereocenters. The predicted octanol–water partition coefficient (Wildman–Crippen LogP) is 6.12. The quantitative estimate of drug-likeness (QED) is 0.357. The first kappa shape index (κ1) is 20.3. The lowest BCUT2D eigenvalue weighted by Crippen LogP contribution is -2.27. The third-order valence-electron chi connectivity index (χ3n) is 4.55. The van der Waals surface area contributed by atoms with Gasteiger partial charge in [-0.25, -0.2) is 4.39 Å². The van der Waals surface area contributed by atoms with Crippen molar-refractivity contribution in [1.82, 2.24) is 0 Å². The van der Waals surface area contributed by atoms with Gasteiger partial charge in [-0.3, -0.25) is 9.69 Å². The van der Waals surface area contributed by atoms with Crippen molar-refractivity contribution in [2.75, 3.05) is 4.90 Å². The molecule has 0 aromatic heterocycles. The molecular formula is C24H18FNO2S2. The molecule has 1 heterocycles. The molecule has 0 saturated carbocycles. The van der Waals surface area contributed by atoms with E-state index in [9.17, 15) is 9.18 Å². The van der Waals surface area contributed by atoms with Gasteiger partial charge in [0.05, 0.1) is 10.6 Å². The number of ether oxygens (including phenoxy) is 1. The fraction of sp³-hybridized carbons (Fsp3) is 0.0833. The molecule has 0 unspecified atom stereocenters. The summed E-state index contributed by atoms with van der Waals surface area (Å²) in [4.78, 5) is 15.0. The number of carbonyl (C=O) groups is 1. The van der Waals surface area contributed by atoms with Crippen LogP contribution in [0.3, 0.4) is 0 Å². The molecule has 1 fully saturated rings. The van der Waals surface area contributed by atoms with Crippen molar-refractivity contribution < 1.29 is 13.9 Å². The summed E-state index contributed by atoms with van der Waals surface area (Å²) in [6.07, 6.45) is 1.83. The number of amides is 1. The lowest BCUT2D eigenvalue weighted by molar-refractivity contribution is -0.113. The lowest BCUT2D eigenvalue weighted by Gasteiger charge is -2.14. The minimum atomic E-state index is -0.268. The minimum absolute atomic E-state index is 0.118. The van der Waals surface area contributed by atoms with Gasteiger partial charge in [0.25, 0.3) is 5.91 Å². The van der Waals surface area contributed by atoms with Crippen molar-refractivity contribution >= 4 is 46.0 Å². The van der Waals surface area contributed by atoms with Crippen LogP contribution in [0.15, 0.2) is 77.7 Å². The van der Waals surface area contributed by atoms with Gasteiger partial charge >= 0.3 is 0 Å². The van der Waals surface area contributed by atoms with Crippen LogP contribution in [0, 0.1) is 12.7 Å². The lowest BCUT2D eigenvalue weighted by atomic mass is 10.2. The molecule has 0 spiro atoms. The first-order valence-electron chi connectivity index (χ1n) is 9.31. The zero-order valence-electron chi connectivity index (χ0n) is 16.2. The molecule has 1 saturated heterocycles. The number of hydrogen-bond acceptors (Lipinski definition) is 4. The number of carbonyl (C=O) groups excluding carboxylic acids is 1. The molecule has 1 aliphatic rings. The van der Waals surface area contributed by atoms with E-state index >= 15 is 0 Å². The number of hydrogen-bond donors (Lipinski definition) is 0. The smallest absolute Gasteiger partial charge is 0.270 e. The number of nitrogens with zero attached hydrogens (tertiary/aromatic N) is 1. The van der Waals surface area contributed by atoms with Gasteiger partial charge < -0.3 is 4.74 Å². The Morgan fingerprint density at radius 1 is 1.07 bits per heavy atom. The maximum Gasteiger partial charge on any atom is 0.270 e. The molecule has 3 nitrogen and oxygen atoms in total. The van der Waals surface area contributed by atoms with Crippen molar-refractivity contribution in [2.45, 2.75) is 13.5 Å². The monoisotopic (exact) mass is 435 g/mol. The standard InChI is InChI=1S/C24H18FNO2S2/c1-16-3-2-4-20(13-16)26-23(27)22(30-24(26)29)14-17-7-11-21(12-8-17)28-15-18-5-9-19(25)10-6-18/h2-14H,15H2,1H3/b22-14-. The fourth-order valence-electron chi connectivity index (χ4n) is 3.02. The average molecular weight is 436 g/mol. The normalized spacial score (nSPS) is 15.1. The van der Waals surface area contributed by atoms with Gasteiger partial charge in [-0.2, -0.15) is 0 Å². The average Bonchev–Trinajstić information content (AvgIpc) is 3.01. The largest absolute Gasteiger partial charge is 0.489 e. The summed E-state index contributed by atoms with van der Waals surface area (Å²) in [6, 6.07) is 21.4. The molecule has 3 aromatic carbocycles. The maximum atomic E-state index is 13.0. The van der Waals surface area contributed by atoms with E-state index < -0.39 is 0 Å². The molecular weight excluding hydrogens is 417 g/mol. The Bertz CT molecular complexity index is 1120. The molecule has 1 aliphatic heterocycles. The molecule has 6 heteroatoms. The Kier molecular flexibility index (Phi) is 5.97. The van der Waals surface area contributed by atoms with E-state index in [-0.39, 0.29) is 11.7 Å². The van der Waals surface area contributed by atoms with Crippen LogP contribution in [0.1, 0.15) is 16.7 Å². The van der Waals surface area contributed by atoms with E-state index in [2.05, 4.69) is 0 Å². The summed E-state index contributed by atoms with van der Waals surface area (Å²) in [7, 11) is 0. The molecule has 4 rings (SSSR count). The highest BCUT2D eigenvalue weighted by atomic mass is 32.2. The van der Waals surface area contributed by atoms with Gasteiger partial charge in [0.15, 0.2) is 4.32 Å². The molecule has 0 N–H and O–H groups in total. The first-order chi connectivity index (χ1) is 14.5. The topological polar surface area (TPSA) is 29.5 Å². The zero-order valence-corrected chi connectivity index (χ0v) is 17.8. The van der Waals surface area contributed by atoms with Gasteiger partial charge in [0.1, 0.15) is 18.2 Å². The van der Waals surface area contributed by atoms with Gasteiger partial charge in [-0.1, -0.05) is 60.4 Å². The molecule has 30 heavy (non-hydrogen) atoms. The van der Waals surface area contributed by atoms with E-state index in [4.69, 9.17) is 17.0 Å². The highest BCUT2D eigenvalue weighted by Gasteiger charge is 2.33. The van der Waals surface area contributed by atoms with Crippen LogP contribution in [0.2, 0.25) is 0 Å². The number of benzene rings is 3. The van der Waals surface area contributed by atoms with Crippen LogP contribution in [0.4, 0.5) is 10.1 Å². The highest BCUT2D eigenvalue weighted by molar-refractivity contribution is 8.27. The predicted molar refractivity (Wildman–Crippen MR) is 124 cm³/mol. The second kappa shape index (κ2) is 8.81. The molecule has 0 aliphatic carbocycles. The van der Waals surface area contributed by atoms with Crippen molar-refractivity contribution in [3.8, 4) is 5.75 Å². The van der Waals surface area contributed by atoms with Gasteiger partial charge in [-0.05, 0) is 66.1 Å². The van der Waals surface area contributed by atoms with Gasteiger partial charge in [0.2, 0.25) is 0 Å². The highest BCUT2D eigenvalue weighted by Crippen LogP contribution is 2.36. The molecule has 0 radical (unpaired) electrons. The third kappa shape index (κ3) is 4.61. The van der Waals surface area contributed by atoms with E-state index in [0.29, 0.717) is 21.6 Å².